The molecule has 174 valence electrons. The average Bonchev–Trinajstić information content (AvgIpc) is 3.19. The molecule has 7 nitrogen and oxygen atoms in total. The topological polar surface area (TPSA) is 80.8 Å². The molecule has 2 aromatic heterocycles. The van der Waals surface area contributed by atoms with Gasteiger partial charge in [0.25, 0.3) is 5.91 Å². The maximum Gasteiger partial charge on any atom is 0.410 e. The van der Waals surface area contributed by atoms with Crippen LogP contribution in [0.3, 0.4) is 0 Å². The Labute approximate surface area is 198 Å². The first-order valence-electron chi connectivity index (χ1n) is 10.7. The second kappa shape index (κ2) is 10.5. The van der Waals surface area contributed by atoms with Crippen molar-refractivity contribution in [2.24, 2.45) is 5.92 Å². The Morgan fingerprint density at radius 3 is 2.50 bits per heavy atom. The van der Waals surface area contributed by atoms with E-state index in [1.807, 2.05) is 26.8 Å². The number of aromatic nitrogens is 1. The molecule has 1 aliphatic rings. The van der Waals surface area contributed by atoms with Crippen LogP contribution in [0.15, 0.2) is 30.5 Å². The number of carbonyl (C=O) groups excluding carboxylic acids is 2. The van der Waals surface area contributed by atoms with Gasteiger partial charge in [-0.05, 0) is 63.6 Å². The minimum Gasteiger partial charge on any atom is -0.481 e. The van der Waals surface area contributed by atoms with Crippen LogP contribution < -0.4 is 10.1 Å². The first kappa shape index (κ1) is 24.3. The van der Waals surface area contributed by atoms with Crippen molar-refractivity contribution in [1.82, 2.24) is 15.2 Å². The van der Waals surface area contributed by atoms with Gasteiger partial charge in [-0.3, -0.25) is 4.79 Å². The zero-order valence-electron chi connectivity index (χ0n) is 18.9. The molecule has 1 atom stereocenters. The van der Waals surface area contributed by atoms with Crippen LogP contribution in [0.4, 0.5) is 4.79 Å². The number of halogens is 1. The monoisotopic (exact) mass is 479 g/mol. The van der Waals surface area contributed by atoms with Crippen LogP contribution in [0.5, 0.6) is 5.88 Å². The quantitative estimate of drug-likeness (QED) is 0.606. The summed E-state index contributed by atoms with van der Waals surface area (Å²) in [5, 5.41) is 3.14. The number of hydrogen-bond acceptors (Lipinski definition) is 6. The van der Waals surface area contributed by atoms with E-state index in [2.05, 4.69) is 10.3 Å². The molecular weight excluding hydrogens is 450 g/mol. The molecule has 0 radical (unpaired) electrons. The minimum absolute atomic E-state index is 0.158. The van der Waals surface area contributed by atoms with Crippen LogP contribution in [0.1, 0.15) is 61.3 Å². The lowest BCUT2D eigenvalue weighted by molar-refractivity contribution is 0.0178. The molecule has 1 aliphatic heterocycles. The molecule has 9 heteroatoms. The van der Waals surface area contributed by atoms with Crippen LogP contribution in [0.25, 0.3) is 0 Å². The Bertz CT molecular complexity index is 918. The van der Waals surface area contributed by atoms with E-state index in [4.69, 9.17) is 21.1 Å². The second-order valence-electron chi connectivity index (χ2n) is 8.91. The maximum absolute atomic E-state index is 12.8. The Hall–Kier alpha value is -2.32. The molecule has 2 amide bonds. The third kappa shape index (κ3) is 6.84. The van der Waals surface area contributed by atoms with Gasteiger partial charge in [0.05, 0.1) is 22.4 Å². The normalized spacial score (nSPS) is 15.8. The molecule has 1 fully saturated rings. The summed E-state index contributed by atoms with van der Waals surface area (Å²) < 4.78 is 11.2. The SMILES string of the molecule is COc1ccc(C(CC2CCN(C(=O)OC(C)(C)C)CC2)NC(=O)c2ccc(Cl)s2)cn1. The third-order valence-electron chi connectivity index (χ3n) is 5.31. The van der Waals surface area contributed by atoms with Gasteiger partial charge in [0, 0.05) is 25.4 Å². The van der Waals surface area contributed by atoms with Crippen LogP contribution in [-0.2, 0) is 4.74 Å². The largest absolute Gasteiger partial charge is 0.481 e. The smallest absolute Gasteiger partial charge is 0.410 e. The first-order chi connectivity index (χ1) is 15.1. The Kier molecular flexibility index (Phi) is 8.00. The first-order valence-corrected chi connectivity index (χ1v) is 11.9. The predicted octanol–water partition coefficient (Wildman–Crippen LogP) is 5.31. The van der Waals surface area contributed by atoms with Crippen molar-refractivity contribution in [1.29, 1.82) is 0 Å². The second-order valence-corrected chi connectivity index (χ2v) is 10.6. The molecule has 2 aromatic rings. The fourth-order valence-electron chi connectivity index (χ4n) is 3.67. The average molecular weight is 480 g/mol. The van der Waals surface area contributed by atoms with Crippen molar-refractivity contribution in [3.05, 3.63) is 45.2 Å². The number of pyridine rings is 1. The summed E-state index contributed by atoms with van der Waals surface area (Å²) in [4.78, 5) is 31.8. The summed E-state index contributed by atoms with van der Waals surface area (Å²) in [6.45, 7) is 6.89. The molecule has 0 aromatic carbocycles. The number of amides is 2. The van der Waals surface area contributed by atoms with E-state index in [1.54, 1.807) is 36.4 Å². The molecule has 1 N–H and O–H groups in total. The standard InChI is InChI=1S/C23H30ClN3O4S/c1-23(2,3)31-22(29)27-11-9-15(10-12-27)13-17(16-5-8-20(30-4)25-14-16)26-21(28)18-6-7-19(24)32-18/h5-8,14-15,17H,9-13H2,1-4H3,(H,26,28). The summed E-state index contributed by atoms with van der Waals surface area (Å²) in [7, 11) is 1.57. The maximum atomic E-state index is 12.8. The highest BCUT2D eigenvalue weighted by Crippen LogP contribution is 2.30. The highest BCUT2D eigenvalue weighted by molar-refractivity contribution is 7.18. The highest BCUT2D eigenvalue weighted by atomic mass is 35.5. The van der Waals surface area contributed by atoms with Crippen LogP contribution >= 0.6 is 22.9 Å². The molecule has 0 aliphatic carbocycles. The zero-order valence-corrected chi connectivity index (χ0v) is 20.5. The van der Waals surface area contributed by atoms with Crippen molar-refractivity contribution in [3.63, 3.8) is 0 Å². The Balaban J connectivity index is 1.66. The Morgan fingerprint density at radius 2 is 1.97 bits per heavy atom. The van der Waals surface area contributed by atoms with Gasteiger partial charge < -0.3 is 19.7 Å². The molecule has 3 rings (SSSR count). The Morgan fingerprint density at radius 1 is 1.25 bits per heavy atom. The molecule has 1 unspecified atom stereocenters. The number of thiophene rings is 1. The van der Waals surface area contributed by atoms with Crippen molar-refractivity contribution in [2.75, 3.05) is 20.2 Å². The third-order valence-corrected chi connectivity index (χ3v) is 6.54. The number of likely N-dealkylation sites (tertiary alicyclic amines) is 1. The van der Waals surface area contributed by atoms with Gasteiger partial charge in [-0.1, -0.05) is 17.7 Å². The van der Waals surface area contributed by atoms with Gasteiger partial charge in [-0.2, -0.15) is 0 Å². The van der Waals surface area contributed by atoms with Crippen molar-refractivity contribution >= 4 is 34.9 Å². The van der Waals surface area contributed by atoms with Crippen LogP contribution in [0.2, 0.25) is 4.34 Å². The van der Waals surface area contributed by atoms with E-state index >= 15 is 0 Å². The molecule has 0 bridgehead atoms. The van der Waals surface area contributed by atoms with Gasteiger partial charge in [0.2, 0.25) is 5.88 Å². The van der Waals surface area contributed by atoms with Gasteiger partial charge >= 0.3 is 6.09 Å². The summed E-state index contributed by atoms with van der Waals surface area (Å²) in [6, 6.07) is 6.96. The molecule has 0 saturated carbocycles. The van der Waals surface area contributed by atoms with Crippen molar-refractivity contribution < 1.29 is 19.1 Å². The van der Waals surface area contributed by atoms with Gasteiger partial charge in [0.1, 0.15) is 5.60 Å². The summed E-state index contributed by atoms with van der Waals surface area (Å²) >= 11 is 7.25. The summed E-state index contributed by atoms with van der Waals surface area (Å²) in [5.74, 6) is 0.719. The number of carbonyl (C=O) groups is 2. The predicted molar refractivity (Wildman–Crippen MR) is 125 cm³/mol. The molecular formula is C23H30ClN3O4S. The van der Waals surface area contributed by atoms with E-state index in [9.17, 15) is 9.59 Å². The molecule has 32 heavy (non-hydrogen) atoms. The van der Waals surface area contributed by atoms with Gasteiger partial charge in [-0.15, -0.1) is 11.3 Å². The lowest BCUT2D eigenvalue weighted by atomic mass is 9.88. The van der Waals surface area contributed by atoms with Crippen molar-refractivity contribution in [2.45, 2.75) is 51.7 Å². The van der Waals surface area contributed by atoms with E-state index < -0.39 is 5.60 Å². The lowest BCUT2D eigenvalue weighted by Crippen LogP contribution is -2.42. The number of nitrogens with zero attached hydrogens (tertiary/aromatic N) is 2. The minimum atomic E-state index is -0.505. The number of ether oxygens (including phenoxy) is 2. The number of methoxy groups -OCH3 is 1. The number of piperidine rings is 1. The van der Waals surface area contributed by atoms with Crippen molar-refractivity contribution in [3.8, 4) is 5.88 Å². The molecule has 1 saturated heterocycles. The lowest BCUT2D eigenvalue weighted by Gasteiger charge is -2.34. The number of rotatable bonds is 6. The van der Waals surface area contributed by atoms with E-state index in [1.165, 1.54) is 11.3 Å². The number of hydrogen-bond donors (Lipinski definition) is 1. The van der Waals surface area contributed by atoms with E-state index in [0.717, 1.165) is 24.8 Å². The highest BCUT2D eigenvalue weighted by Gasteiger charge is 2.29. The van der Waals surface area contributed by atoms with E-state index in [0.29, 0.717) is 34.1 Å². The fourth-order valence-corrected chi connectivity index (χ4v) is 4.62. The van der Waals surface area contributed by atoms with Gasteiger partial charge in [-0.25, -0.2) is 9.78 Å². The number of nitrogens with one attached hydrogen (secondary N) is 1. The van der Waals surface area contributed by atoms with Crippen LogP contribution in [-0.4, -0.2) is 47.7 Å². The van der Waals surface area contributed by atoms with Gasteiger partial charge in [0.15, 0.2) is 0 Å². The van der Waals surface area contributed by atoms with E-state index in [-0.39, 0.29) is 18.0 Å². The zero-order chi connectivity index (χ0) is 23.3. The fraction of sp³-hybridized carbons (Fsp3) is 0.522. The van der Waals surface area contributed by atoms with Crippen LogP contribution in [0, 0.1) is 5.92 Å². The molecule has 0 spiro atoms. The summed E-state index contributed by atoms with van der Waals surface area (Å²) in [6.07, 6.45) is 3.91. The summed E-state index contributed by atoms with van der Waals surface area (Å²) in [5.41, 5.74) is 0.409. The molecule has 3 heterocycles.